The fourth-order valence-corrected chi connectivity index (χ4v) is 2.20. The number of carbonyl (C=O) groups is 1. The van der Waals surface area contributed by atoms with Gasteiger partial charge in [0.05, 0.1) is 22.9 Å². The molecule has 1 aromatic carbocycles. The second-order valence-corrected chi connectivity index (χ2v) is 5.06. The van der Waals surface area contributed by atoms with E-state index in [2.05, 4.69) is 11.1 Å². The van der Waals surface area contributed by atoms with Gasteiger partial charge in [-0.2, -0.15) is 5.26 Å². The lowest BCUT2D eigenvalue weighted by molar-refractivity contribution is 0.0784. The maximum Gasteiger partial charge on any atom is 0.255 e. The van der Waals surface area contributed by atoms with Crippen molar-refractivity contribution in [2.75, 3.05) is 7.05 Å². The summed E-state index contributed by atoms with van der Waals surface area (Å²) in [6, 6.07) is 13.0. The molecule has 0 N–H and O–H groups in total. The van der Waals surface area contributed by atoms with Gasteiger partial charge >= 0.3 is 0 Å². The number of aromatic nitrogens is 1. The molecule has 0 atom stereocenters. The van der Waals surface area contributed by atoms with Crippen LogP contribution in [0.4, 0.5) is 0 Å². The van der Waals surface area contributed by atoms with Crippen LogP contribution in [-0.2, 0) is 6.54 Å². The van der Waals surface area contributed by atoms with E-state index >= 15 is 0 Å². The van der Waals surface area contributed by atoms with Gasteiger partial charge in [-0.25, -0.2) is 0 Å². The number of nitriles is 1. The van der Waals surface area contributed by atoms with Crippen molar-refractivity contribution in [1.29, 1.82) is 5.26 Å². The van der Waals surface area contributed by atoms with Crippen LogP contribution in [0.3, 0.4) is 0 Å². The van der Waals surface area contributed by atoms with Crippen molar-refractivity contribution in [2.45, 2.75) is 20.4 Å². The smallest absolute Gasteiger partial charge is 0.255 e. The predicted molar refractivity (Wildman–Crippen MR) is 80.7 cm³/mol. The summed E-state index contributed by atoms with van der Waals surface area (Å²) in [6.45, 7) is 4.20. The van der Waals surface area contributed by atoms with Gasteiger partial charge in [0.25, 0.3) is 5.91 Å². The van der Waals surface area contributed by atoms with Gasteiger partial charge in [-0.3, -0.25) is 9.78 Å². The highest BCUT2D eigenvalue weighted by Gasteiger charge is 2.15. The zero-order valence-corrected chi connectivity index (χ0v) is 12.4. The molecular weight excluding hydrogens is 262 g/mol. The molecule has 0 bridgehead atoms. The molecule has 1 amide bonds. The second-order valence-electron chi connectivity index (χ2n) is 5.06. The van der Waals surface area contributed by atoms with Gasteiger partial charge in [-0.15, -0.1) is 0 Å². The standard InChI is InChI=1S/C17H17N3O/c1-12-7-8-16(13(2)19-12)17(21)20(3)11-15-6-4-5-14(9-15)10-18/h4-9H,11H2,1-3H3. The minimum absolute atomic E-state index is 0.0673. The van der Waals surface area contributed by atoms with Gasteiger partial charge in [0.2, 0.25) is 0 Å². The molecule has 0 aliphatic carbocycles. The number of nitrogens with zero attached hydrogens (tertiary/aromatic N) is 3. The number of carbonyl (C=O) groups excluding carboxylic acids is 1. The molecule has 0 spiro atoms. The van der Waals surface area contributed by atoms with Crippen molar-refractivity contribution in [2.24, 2.45) is 0 Å². The maximum absolute atomic E-state index is 12.5. The summed E-state index contributed by atoms with van der Waals surface area (Å²) in [4.78, 5) is 18.4. The number of pyridine rings is 1. The van der Waals surface area contributed by atoms with Crippen LogP contribution in [0.5, 0.6) is 0 Å². The Morgan fingerprint density at radius 1 is 1.29 bits per heavy atom. The third-order valence-electron chi connectivity index (χ3n) is 3.28. The van der Waals surface area contributed by atoms with Crippen LogP contribution in [0.15, 0.2) is 36.4 Å². The lowest BCUT2D eigenvalue weighted by atomic mass is 10.1. The van der Waals surface area contributed by atoms with E-state index in [0.29, 0.717) is 17.7 Å². The molecule has 0 aliphatic rings. The summed E-state index contributed by atoms with van der Waals surface area (Å²) >= 11 is 0. The molecule has 106 valence electrons. The van der Waals surface area contributed by atoms with Crippen LogP contribution in [0.1, 0.15) is 32.9 Å². The molecule has 0 radical (unpaired) electrons. The highest BCUT2D eigenvalue weighted by molar-refractivity contribution is 5.95. The van der Waals surface area contributed by atoms with E-state index in [9.17, 15) is 4.79 Å². The number of amides is 1. The molecule has 2 rings (SSSR count). The average Bonchev–Trinajstić information content (AvgIpc) is 2.46. The molecule has 4 nitrogen and oxygen atoms in total. The van der Waals surface area contributed by atoms with Crippen molar-refractivity contribution in [3.63, 3.8) is 0 Å². The van der Waals surface area contributed by atoms with Gasteiger partial charge < -0.3 is 4.90 Å². The fraction of sp³-hybridized carbons (Fsp3) is 0.235. The molecule has 0 fully saturated rings. The van der Waals surface area contributed by atoms with Gasteiger partial charge in [0.1, 0.15) is 0 Å². The van der Waals surface area contributed by atoms with Crippen LogP contribution in [0.2, 0.25) is 0 Å². The third kappa shape index (κ3) is 3.46. The third-order valence-corrected chi connectivity index (χ3v) is 3.28. The topological polar surface area (TPSA) is 57.0 Å². The minimum Gasteiger partial charge on any atom is -0.337 e. The highest BCUT2D eigenvalue weighted by Crippen LogP contribution is 2.12. The molecular formula is C17H17N3O. The molecule has 0 unspecified atom stereocenters. The first-order chi connectivity index (χ1) is 10.0. The maximum atomic E-state index is 12.5. The Morgan fingerprint density at radius 2 is 2.05 bits per heavy atom. The Morgan fingerprint density at radius 3 is 2.71 bits per heavy atom. The van der Waals surface area contributed by atoms with Crippen LogP contribution < -0.4 is 0 Å². The van der Waals surface area contributed by atoms with Crippen molar-refractivity contribution in [1.82, 2.24) is 9.88 Å². The molecule has 21 heavy (non-hydrogen) atoms. The summed E-state index contributed by atoms with van der Waals surface area (Å²) in [6.07, 6.45) is 0. The van der Waals surface area contributed by atoms with Crippen LogP contribution in [-0.4, -0.2) is 22.8 Å². The van der Waals surface area contributed by atoms with Crippen molar-refractivity contribution < 1.29 is 4.79 Å². The van der Waals surface area contributed by atoms with Gasteiger partial charge in [0, 0.05) is 19.3 Å². The van der Waals surface area contributed by atoms with E-state index in [-0.39, 0.29) is 5.91 Å². The number of aryl methyl sites for hydroxylation is 2. The van der Waals surface area contributed by atoms with Crippen molar-refractivity contribution in [3.8, 4) is 6.07 Å². The average molecular weight is 279 g/mol. The zero-order valence-electron chi connectivity index (χ0n) is 12.4. The van der Waals surface area contributed by atoms with E-state index < -0.39 is 0 Å². The summed E-state index contributed by atoms with van der Waals surface area (Å²) < 4.78 is 0. The zero-order chi connectivity index (χ0) is 15.4. The Balaban J connectivity index is 2.17. The lowest BCUT2D eigenvalue weighted by Crippen LogP contribution is -2.27. The minimum atomic E-state index is -0.0673. The first-order valence-corrected chi connectivity index (χ1v) is 6.70. The molecule has 0 saturated heterocycles. The van der Waals surface area contributed by atoms with Gasteiger partial charge in [0.15, 0.2) is 0 Å². The van der Waals surface area contributed by atoms with Crippen LogP contribution in [0, 0.1) is 25.2 Å². The van der Waals surface area contributed by atoms with E-state index in [4.69, 9.17) is 5.26 Å². The number of benzene rings is 1. The van der Waals surface area contributed by atoms with Gasteiger partial charge in [-0.1, -0.05) is 12.1 Å². The summed E-state index contributed by atoms with van der Waals surface area (Å²) in [7, 11) is 1.75. The number of hydrogen-bond acceptors (Lipinski definition) is 3. The SMILES string of the molecule is Cc1ccc(C(=O)N(C)Cc2cccc(C#N)c2)c(C)n1. The predicted octanol–water partition coefficient (Wildman–Crippen LogP) is 2.84. The summed E-state index contributed by atoms with van der Waals surface area (Å²) in [5.41, 5.74) is 3.77. The Labute approximate surface area is 124 Å². The first-order valence-electron chi connectivity index (χ1n) is 6.70. The Hall–Kier alpha value is -2.67. The summed E-state index contributed by atoms with van der Waals surface area (Å²) in [5.74, 6) is -0.0673. The Bertz CT molecular complexity index is 716. The summed E-state index contributed by atoms with van der Waals surface area (Å²) in [5, 5.41) is 8.91. The highest BCUT2D eigenvalue weighted by atomic mass is 16.2. The monoisotopic (exact) mass is 279 g/mol. The quantitative estimate of drug-likeness (QED) is 0.868. The molecule has 4 heteroatoms. The van der Waals surface area contributed by atoms with E-state index in [1.165, 1.54) is 0 Å². The van der Waals surface area contributed by atoms with Crippen molar-refractivity contribution >= 4 is 5.91 Å². The van der Waals surface area contributed by atoms with Crippen LogP contribution in [0.25, 0.3) is 0 Å². The molecule has 2 aromatic rings. The normalized spacial score (nSPS) is 10.0. The van der Waals surface area contributed by atoms with Gasteiger partial charge in [-0.05, 0) is 43.7 Å². The number of hydrogen-bond donors (Lipinski definition) is 0. The largest absolute Gasteiger partial charge is 0.337 e. The van der Waals surface area contributed by atoms with Crippen molar-refractivity contribution in [3.05, 3.63) is 64.5 Å². The molecule has 0 saturated carbocycles. The molecule has 1 aromatic heterocycles. The molecule has 1 heterocycles. The first kappa shape index (κ1) is 14.7. The Kier molecular flexibility index (Phi) is 4.34. The number of rotatable bonds is 3. The second kappa shape index (κ2) is 6.19. The van der Waals surface area contributed by atoms with E-state index in [1.54, 1.807) is 24.1 Å². The van der Waals surface area contributed by atoms with E-state index in [0.717, 1.165) is 17.0 Å². The fourth-order valence-electron chi connectivity index (χ4n) is 2.20. The van der Waals surface area contributed by atoms with Crippen LogP contribution >= 0.6 is 0 Å². The molecule has 0 aliphatic heterocycles. The van der Waals surface area contributed by atoms with E-state index in [1.807, 2.05) is 38.1 Å². The lowest BCUT2D eigenvalue weighted by Gasteiger charge is -2.18.